The van der Waals surface area contributed by atoms with E-state index >= 15 is 0 Å². The lowest BCUT2D eigenvalue weighted by Gasteiger charge is -2.09. The Bertz CT molecular complexity index is 717. The third kappa shape index (κ3) is 2.24. The van der Waals surface area contributed by atoms with Crippen LogP contribution in [0.1, 0.15) is 25.3 Å². The number of nitrogens with zero attached hydrogens (tertiary/aromatic N) is 2. The van der Waals surface area contributed by atoms with Crippen molar-refractivity contribution >= 4 is 21.7 Å². The summed E-state index contributed by atoms with van der Waals surface area (Å²) < 4.78 is 13.0. The molecule has 0 amide bonds. The fourth-order valence-electron chi connectivity index (χ4n) is 2.08. The molecule has 0 aliphatic rings. The van der Waals surface area contributed by atoms with Crippen LogP contribution in [-0.2, 0) is 0 Å². The van der Waals surface area contributed by atoms with Crippen molar-refractivity contribution in [1.29, 1.82) is 0 Å². The molecule has 0 atom stereocenters. The number of hydrogen-bond donors (Lipinski definition) is 0. The molecule has 4 heteroatoms. The third-order valence-corrected chi connectivity index (χ3v) is 3.82. The van der Waals surface area contributed by atoms with E-state index in [-0.39, 0.29) is 5.82 Å². The van der Waals surface area contributed by atoms with Crippen molar-refractivity contribution in [2.45, 2.75) is 19.8 Å². The summed E-state index contributed by atoms with van der Waals surface area (Å²) in [6.07, 6.45) is 0. The Morgan fingerprint density at radius 3 is 2.58 bits per heavy atom. The molecule has 19 heavy (non-hydrogen) atoms. The highest BCUT2D eigenvalue weighted by Gasteiger charge is 2.12. The van der Waals surface area contributed by atoms with Crippen molar-refractivity contribution in [2.75, 3.05) is 0 Å². The summed E-state index contributed by atoms with van der Waals surface area (Å²) in [4.78, 5) is 9.93. The van der Waals surface area contributed by atoms with Crippen LogP contribution in [0.25, 0.3) is 21.6 Å². The van der Waals surface area contributed by atoms with Crippen LogP contribution in [0.5, 0.6) is 0 Å². The zero-order valence-corrected chi connectivity index (χ0v) is 11.5. The monoisotopic (exact) mass is 272 g/mol. The second-order valence-electron chi connectivity index (χ2n) is 4.76. The van der Waals surface area contributed by atoms with Crippen molar-refractivity contribution in [2.24, 2.45) is 0 Å². The minimum Gasteiger partial charge on any atom is -0.243 e. The van der Waals surface area contributed by atoms with Crippen molar-refractivity contribution in [3.8, 4) is 11.3 Å². The number of aromatic nitrogens is 2. The Labute approximate surface area is 115 Å². The molecular weight excluding hydrogens is 259 g/mol. The van der Waals surface area contributed by atoms with Crippen molar-refractivity contribution in [1.82, 2.24) is 9.97 Å². The summed E-state index contributed by atoms with van der Waals surface area (Å²) in [5.41, 5.74) is 5.79. The highest BCUT2D eigenvalue weighted by Crippen LogP contribution is 2.30. The van der Waals surface area contributed by atoms with Gasteiger partial charge in [0.05, 0.1) is 11.2 Å². The van der Waals surface area contributed by atoms with Gasteiger partial charge < -0.3 is 0 Å². The predicted molar refractivity (Wildman–Crippen MR) is 76.9 cm³/mol. The lowest BCUT2D eigenvalue weighted by atomic mass is 10.0. The molecule has 3 aromatic rings. The fourth-order valence-corrected chi connectivity index (χ4v) is 2.77. The molecule has 0 saturated heterocycles. The maximum Gasteiger partial charge on any atom is 0.144 e. The first-order chi connectivity index (χ1) is 9.15. The van der Waals surface area contributed by atoms with Gasteiger partial charge in [0, 0.05) is 5.56 Å². The van der Waals surface area contributed by atoms with E-state index in [0.29, 0.717) is 5.92 Å². The number of benzene rings is 1. The largest absolute Gasteiger partial charge is 0.243 e. The molecule has 0 bridgehead atoms. The summed E-state index contributed by atoms with van der Waals surface area (Å²) >= 11 is 1.53. The van der Waals surface area contributed by atoms with Crippen LogP contribution in [0, 0.1) is 5.82 Å². The molecule has 2 heterocycles. The molecular formula is C15H13FN2S. The molecule has 0 saturated carbocycles. The van der Waals surface area contributed by atoms with Crippen LogP contribution >= 0.6 is 11.3 Å². The average Bonchev–Trinajstić information content (AvgIpc) is 2.86. The normalized spacial score (nSPS) is 11.4. The fraction of sp³-hybridized carbons (Fsp3) is 0.200. The smallest absolute Gasteiger partial charge is 0.144 e. The first-order valence-electron chi connectivity index (χ1n) is 6.15. The number of rotatable bonds is 2. The summed E-state index contributed by atoms with van der Waals surface area (Å²) in [6.45, 7) is 4.28. The molecule has 1 aromatic carbocycles. The minimum atomic E-state index is -0.230. The Morgan fingerprint density at radius 2 is 1.89 bits per heavy atom. The molecule has 0 fully saturated rings. The lowest BCUT2D eigenvalue weighted by Crippen LogP contribution is -1.93. The number of thiazole rings is 1. The number of fused-ring (bicyclic) bond motifs is 1. The summed E-state index contributed by atoms with van der Waals surface area (Å²) in [7, 11) is 0. The highest BCUT2D eigenvalue weighted by molar-refractivity contribution is 7.16. The Morgan fingerprint density at radius 1 is 1.16 bits per heavy atom. The van der Waals surface area contributed by atoms with Gasteiger partial charge in [-0.2, -0.15) is 0 Å². The Balaban J connectivity index is 2.21. The Hall–Kier alpha value is -1.81. The van der Waals surface area contributed by atoms with Crippen molar-refractivity contribution < 1.29 is 4.39 Å². The van der Waals surface area contributed by atoms with E-state index in [2.05, 4.69) is 29.9 Å². The zero-order chi connectivity index (χ0) is 13.4. The van der Waals surface area contributed by atoms with Gasteiger partial charge in [-0.3, -0.25) is 0 Å². The van der Waals surface area contributed by atoms with E-state index in [1.807, 2.05) is 5.51 Å². The van der Waals surface area contributed by atoms with Gasteiger partial charge in [-0.1, -0.05) is 13.8 Å². The van der Waals surface area contributed by atoms with Crippen LogP contribution in [0.2, 0.25) is 0 Å². The number of pyridine rings is 1. The molecule has 96 valence electrons. The quantitative estimate of drug-likeness (QED) is 0.680. The summed E-state index contributed by atoms with van der Waals surface area (Å²) in [5.74, 6) is 0.151. The lowest BCUT2D eigenvalue weighted by molar-refractivity contribution is 0.628. The highest BCUT2D eigenvalue weighted by atomic mass is 32.1. The van der Waals surface area contributed by atoms with Gasteiger partial charge >= 0.3 is 0 Å². The molecule has 0 aliphatic carbocycles. The molecule has 0 spiro atoms. The van der Waals surface area contributed by atoms with Crippen LogP contribution in [0.4, 0.5) is 4.39 Å². The minimum absolute atomic E-state index is 0.230. The molecule has 0 unspecified atom stereocenters. The number of hydrogen-bond acceptors (Lipinski definition) is 3. The second-order valence-corrected chi connectivity index (χ2v) is 5.60. The Kier molecular flexibility index (Phi) is 3.03. The van der Waals surface area contributed by atoms with Crippen LogP contribution < -0.4 is 0 Å². The third-order valence-electron chi connectivity index (χ3n) is 3.10. The first kappa shape index (κ1) is 12.2. The average molecular weight is 272 g/mol. The molecule has 3 rings (SSSR count). The van der Waals surface area contributed by atoms with Gasteiger partial charge in [-0.15, -0.1) is 11.3 Å². The molecule has 0 N–H and O–H groups in total. The molecule has 0 radical (unpaired) electrons. The number of halogens is 1. The van der Waals surface area contributed by atoms with Crippen LogP contribution in [0.3, 0.4) is 0 Å². The van der Waals surface area contributed by atoms with Gasteiger partial charge in [0.2, 0.25) is 0 Å². The summed E-state index contributed by atoms with van der Waals surface area (Å²) in [6, 6.07) is 8.50. The predicted octanol–water partition coefficient (Wildman–Crippen LogP) is 4.62. The maximum atomic E-state index is 13.0. The topological polar surface area (TPSA) is 25.8 Å². The van der Waals surface area contributed by atoms with Crippen LogP contribution in [0.15, 0.2) is 35.8 Å². The van der Waals surface area contributed by atoms with Gasteiger partial charge in [-0.05, 0) is 41.8 Å². The molecule has 2 aromatic heterocycles. The molecule has 2 nitrogen and oxygen atoms in total. The van der Waals surface area contributed by atoms with Crippen molar-refractivity contribution in [3.63, 3.8) is 0 Å². The zero-order valence-electron chi connectivity index (χ0n) is 10.7. The van der Waals surface area contributed by atoms with Crippen molar-refractivity contribution in [3.05, 3.63) is 47.2 Å². The van der Waals surface area contributed by atoms with Gasteiger partial charge in [0.15, 0.2) is 0 Å². The van der Waals surface area contributed by atoms with Gasteiger partial charge in [-0.25, -0.2) is 14.4 Å². The molecule has 0 aliphatic heterocycles. The van der Waals surface area contributed by atoms with E-state index in [0.717, 1.165) is 21.6 Å². The maximum absolute atomic E-state index is 13.0. The second kappa shape index (κ2) is 4.70. The standard InChI is InChI=1S/C15H13FN2S/c1-9(2)12-7-13(10-3-5-11(16)6-4-10)18-15-14(12)17-8-19-15/h3-9H,1-2H3. The van der Waals surface area contributed by atoms with Gasteiger partial charge in [0.25, 0.3) is 0 Å². The van der Waals surface area contributed by atoms with E-state index in [1.54, 1.807) is 12.1 Å². The first-order valence-corrected chi connectivity index (χ1v) is 7.03. The van der Waals surface area contributed by atoms with E-state index < -0.39 is 0 Å². The van der Waals surface area contributed by atoms with E-state index in [9.17, 15) is 4.39 Å². The SMILES string of the molecule is CC(C)c1cc(-c2ccc(F)cc2)nc2scnc12. The summed E-state index contributed by atoms with van der Waals surface area (Å²) in [5, 5.41) is 0. The van der Waals surface area contributed by atoms with E-state index in [4.69, 9.17) is 0 Å². The van der Waals surface area contributed by atoms with Crippen LogP contribution in [-0.4, -0.2) is 9.97 Å². The van der Waals surface area contributed by atoms with E-state index in [1.165, 1.54) is 29.0 Å². The van der Waals surface area contributed by atoms with Gasteiger partial charge in [0.1, 0.15) is 16.2 Å².